The minimum Gasteiger partial charge on any atom is -0.497 e. The van der Waals surface area contributed by atoms with Gasteiger partial charge in [-0.25, -0.2) is 4.98 Å². The molecule has 0 aliphatic heterocycles. The molecule has 0 atom stereocenters. The highest BCUT2D eigenvalue weighted by atomic mass is 35.5. The fourth-order valence-corrected chi connectivity index (χ4v) is 2.91. The van der Waals surface area contributed by atoms with Crippen molar-refractivity contribution < 1.29 is 9.53 Å². The molecule has 5 nitrogen and oxygen atoms in total. The van der Waals surface area contributed by atoms with Crippen molar-refractivity contribution >= 4 is 23.2 Å². The number of hydrogen-bond acceptors (Lipinski definition) is 4. The van der Waals surface area contributed by atoms with Crippen LogP contribution >= 0.6 is 11.6 Å². The van der Waals surface area contributed by atoms with Crippen LogP contribution in [0.5, 0.6) is 5.75 Å². The zero-order valence-corrected chi connectivity index (χ0v) is 16.4. The third-order valence-electron chi connectivity index (χ3n) is 4.24. The van der Waals surface area contributed by atoms with Gasteiger partial charge in [0.1, 0.15) is 11.4 Å². The molecule has 0 aliphatic carbocycles. The first-order valence-corrected chi connectivity index (χ1v) is 9.37. The van der Waals surface area contributed by atoms with Gasteiger partial charge in [0.15, 0.2) is 0 Å². The van der Waals surface area contributed by atoms with Crippen LogP contribution in [-0.2, 0) is 13.0 Å². The number of pyridine rings is 1. The first kappa shape index (κ1) is 19.7. The van der Waals surface area contributed by atoms with Crippen LogP contribution in [0.4, 0.5) is 5.69 Å². The van der Waals surface area contributed by atoms with Crippen LogP contribution in [0.3, 0.4) is 0 Å². The molecule has 6 heteroatoms. The number of nitrogens with one attached hydrogen (secondary N) is 2. The van der Waals surface area contributed by atoms with Gasteiger partial charge >= 0.3 is 0 Å². The zero-order valence-electron chi connectivity index (χ0n) is 15.6. The van der Waals surface area contributed by atoms with Crippen molar-refractivity contribution in [3.8, 4) is 5.75 Å². The number of halogens is 1. The summed E-state index contributed by atoms with van der Waals surface area (Å²) in [6, 6.07) is 18.9. The van der Waals surface area contributed by atoms with Crippen LogP contribution in [0.2, 0.25) is 5.02 Å². The molecule has 0 unspecified atom stereocenters. The fourth-order valence-electron chi connectivity index (χ4n) is 2.69. The number of hydrogen-bond donors (Lipinski definition) is 2. The normalized spacial score (nSPS) is 10.4. The number of methoxy groups -OCH3 is 1. The van der Waals surface area contributed by atoms with Crippen LogP contribution in [0.1, 0.15) is 21.6 Å². The van der Waals surface area contributed by atoms with Crippen LogP contribution in [0.25, 0.3) is 0 Å². The minimum absolute atomic E-state index is 0.207. The number of aromatic nitrogens is 1. The van der Waals surface area contributed by atoms with Gasteiger partial charge in [0.25, 0.3) is 5.91 Å². The number of carbonyl (C=O) groups excluding carboxylic acids is 1. The van der Waals surface area contributed by atoms with E-state index >= 15 is 0 Å². The number of amides is 1. The van der Waals surface area contributed by atoms with Gasteiger partial charge in [-0.2, -0.15) is 0 Å². The number of carbonyl (C=O) groups is 1. The van der Waals surface area contributed by atoms with Crippen molar-refractivity contribution in [2.45, 2.75) is 13.0 Å². The Bertz CT molecular complexity index is 912. The molecule has 0 spiro atoms. The second-order valence-electron chi connectivity index (χ2n) is 6.27. The van der Waals surface area contributed by atoms with Crippen molar-refractivity contribution in [3.63, 3.8) is 0 Å². The summed E-state index contributed by atoms with van der Waals surface area (Å²) in [5.41, 5.74) is 3.42. The van der Waals surface area contributed by atoms with Crippen molar-refractivity contribution in [2.24, 2.45) is 0 Å². The highest BCUT2D eigenvalue weighted by Gasteiger charge is 2.07. The lowest BCUT2D eigenvalue weighted by molar-refractivity contribution is 0.0946. The summed E-state index contributed by atoms with van der Waals surface area (Å²) in [6.45, 7) is 1.19. The van der Waals surface area contributed by atoms with Crippen molar-refractivity contribution in [3.05, 3.63) is 88.7 Å². The lowest BCUT2D eigenvalue weighted by atomic mass is 10.1. The molecule has 28 heavy (non-hydrogen) atoms. The predicted octanol–water partition coefficient (Wildman–Crippen LogP) is 4.33. The predicted molar refractivity (Wildman–Crippen MR) is 112 cm³/mol. The molecule has 2 N–H and O–H groups in total. The summed E-state index contributed by atoms with van der Waals surface area (Å²) < 4.78 is 5.12. The molecular formula is C22H22ClN3O2. The largest absolute Gasteiger partial charge is 0.497 e. The maximum atomic E-state index is 12.3. The topological polar surface area (TPSA) is 63.2 Å². The van der Waals surface area contributed by atoms with Gasteiger partial charge in [0, 0.05) is 18.1 Å². The summed E-state index contributed by atoms with van der Waals surface area (Å²) >= 11 is 5.99. The maximum Gasteiger partial charge on any atom is 0.270 e. The van der Waals surface area contributed by atoms with Crippen LogP contribution in [0.15, 0.2) is 66.9 Å². The lowest BCUT2D eigenvalue weighted by Gasteiger charge is -2.08. The Balaban J connectivity index is 1.46. The Morgan fingerprint density at radius 3 is 2.57 bits per heavy atom. The third kappa shape index (κ3) is 5.72. The van der Waals surface area contributed by atoms with E-state index in [-0.39, 0.29) is 5.91 Å². The van der Waals surface area contributed by atoms with Crippen LogP contribution in [-0.4, -0.2) is 24.5 Å². The van der Waals surface area contributed by atoms with Gasteiger partial charge in [0.2, 0.25) is 0 Å². The van der Waals surface area contributed by atoms with E-state index in [2.05, 4.69) is 15.6 Å². The fraction of sp³-hybridized carbons (Fsp3) is 0.182. The quantitative estimate of drug-likeness (QED) is 0.596. The molecule has 1 amide bonds. The van der Waals surface area contributed by atoms with Gasteiger partial charge in [-0.05, 0) is 53.9 Å². The molecule has 1 aromatic heterocycles. The van der Waals surface area contributed by atoms with Gasteiger partial charge in [0.05, 0.1) is 19.0 Å². The van der Waals surface area contributed by atoms with E-state index in [9.17, 15) is 4.79 Å². The first-order valence-electron chi connectivity index (χ1n) is 8.99. The van der Waals surface area contributed by atoms with Crippen molar-refractivity contribution in [1.82, 2.24) is 10.3 Å². The number of benzene rings is 2. The molecule has 0 bridgehead atoms. The summed E-state index contributed by atoms with van der Waals surface area (Å²) in [5, 5.41) is 6.91. The molecule has 3 rings (SSSR count). The summed E-state index contributed by atoms with van der Waals surface area (Å²) in [5.74, 6) is 0.580. The third-order valence-corrected chi connectivity index (χ3v) is 4.48. The van der Waals surface area contributed by atoms with Gasteiger partial charge < -0.3 is 15.4 Å². The number of anilines is 1. The maximum absolute atomic E-state index is 12.3. The first-order chi connectivity index (χ1) is 13.6. The van der Waals surface area contributed by atoms with E-state index in [4.69, 9.17) is 16.3 Å². The average Bonchev–Trinajstić information content (AvgIpc) is 2.73. The zero-order chi connectivity index (χ0) is 19.8. The van der Waals surface area contributed by atoms with Crippen molar-refractivity contribution in [1.29, 1.82) is 0 Å². The number of ether oxygens (including phenoxy) is 1. The van der Waals surface area contributed by atoms with Gasteiger partial charge in [-0.15, -0.1) is 0 Å². The highest BCUT2D eigenvalue weighted by Crippen LogP contribution is 2.13. The van der Waals surface area contributed by atoms with Gasteiger partial charge in [-0.3, -0.25) is 4.79 Å². The molecule has 0 fully saturated rings. The second kappa shape index (κ2) is 9.76. The molecule has 144 valence electrons. The Hall–Kier alpha value is -3.05. The molecule has 3 aromatic rings. The average molecular weight is 396 g/mol. The standard InChI is InChI=1S/C22H22ClN3O2/c1-28-20-8-5-17(6-9-20)14-26-22(27)21-10-7-19(15-25-21)24-12-11-16-3-2-4-18(23)13-16/h2-10,13,15,24H,11-12,14H2,1H3,(H,26,27). The van der Waals surface area contributed by atoms with E-state index in [1.54, 1.807) is 19.4 Å². The monoisotopic (exact) mass is 395 g/mol. The molecule has 0 radical (unpaired) electrons. The van der Waals surface area contributed by atoms with Crippen LogP contribution in [0, 0.1) is 0 Å². The molecule has 0 saturated heterocycles. The Morgan fingerprint density at radius 1 is 1.07 bits per heavy atom. The SMILES string of the molecule is COc1ccc(CNC(=O)c2ccc(NCCc3cccc(Cl)c3)cn2)cc1. The van der Waals surface area contributed by atoms with E-state index in [0.717, 1.165) is 35.0 Å². The highest BCUT2D eigenvalue weighted by molar-refractivity contribution is 6.30. The Labute approximate surface area is 169 Å². The smallest absolute Gasteiger partial charge is 0.270 e. The molecule has 0 aliphatic rings. The number of nitrogens with zero attached hydrogens (tertiary/aromatic N) is 1. The molecule has 0 saturated carbocycles. The minimum atomic E-state index is -0.207. The second-order valence-corrected chi connectivity index (χ2v) is 6.71. The van der Waals surface area contributed by atoms with E-state index < -0.39 is 0 Å². The van der Waals surface area contributed by atoms with E-state index in [1.807, 2.05) is 54.6 Å². The lowest BCUT2D eigenvalue weighted by Crippen LogP contribution is -2.23. The Morgan fingerprint density at radius 2 is 1.89 bits per heavy atom. The van der Waals surface area contributed by atoms with E-state index in [1.165, 1.54) is 5.56 Å². The summed E-state index contributed by atoms with van der Waals surface area (Å²) in [7, 11) is 1.62. The molecule has 1 heterocycles. The number of rotatable bonds is 8. The Kier molecular flexibility index (Phi) is 6.87. The summed E-state index contributed by atoms with van der Waals surface area (Å²) in [6.07, 6.45) is 2.52. The van der Waals surface area contributed by atoms with Crippen LogP contribution < -0.4 is 15.4 Å². The van der Waals surface area contributed by atoms with Crippen molar-refractivity contribution in [2.75, 3.05) is 19.0 Å². The summed E-state index contributed by atoms with van der Waals surface area (Å²) in [4.78, 5) is 16.5. The molecular weight excluding hydrogens is 374 g/mol. The van der Waals surface area contributed by atoms with E-state index in [0.29, 0.717) is 12.2 Å². The molecule has 2 aromatic carbocycles. The van der Waals surface area contributed by atoms with Gasteiger partial charge in [-0.1, -0.05) is 35.9 Å².